The predicted octanol–water partition coefficient (Wildman–Crippen LogP) is 5.88. The standard InChI is InChI=1S/C38H50BF2N3O8/c1-35(2,3)50-34(47)42-19-17-28(24-11-9-12-25(21-24)39-51-36(4,5)37(6,7)52-39)29(23-42)32(45)44(26-13-14-26)27-15-16-31-30(22-27)43(18-10-20-48-8)33(46)38(40,41)49-31/h9,11-12,15-16,21-22,26,28-29H,10,13-14,17-20,23H2,1-8H3/t28-,29+/m1/s1. The number of hydrogen-bond donors (Lipinski definition) is 0. The molecule has 52 heavy (non-hydrogen) atoms. The van der Waals surface area contributed by atoms with Gasteiger partial charge < -0.3 is 38.2 Å². The third-order valence-electron chi connectivity index (χ3n) is 10.6. The monoisotopic (exact) mass is 725 g/mol. The quantitative estimate of drug-likeness (QED) is 0.233. The molecule has 0 N–H and O–H groups in total. The molecule has 6 rings (SSSR count). The highest BCUT2D eigenvalue weighted by Crippen LogP contribution is 2.45. The molecule has 0 spiro atoms. The van der Waals surface area contributed by atoms with E-state index in [9.17, 15) is 18.4 Å². The lowest BCUT2D eigenvalue weighted by molar-refractivity contribution is -0.192. The normalized spacial score (nSPS) is 23.6. The predicted molar refractivity (Wildman–Crippen MR) is 192 cm³/mol. The van der Waals surface area contributed by atoms with Crippen LogP contribution in [0.2, 0.25) is 0 Å². The number of rotatable bonds is 9. The molecule has 0 aromatic heterocycles. The number of nitrogens with zero attached hydrogens (tertiary/aromatic N) is 3. The summed E-state index contributed by atoms with van der Waals surface area (Å²) in [7, 11) is 0.903. The van der Waals surface area contributed by atoms with Gasteiger partial charge in [-0.15, -0.1) is 0 Å². The number of methoxy groups -OCH3 is 1. The maximum atomic E-state index is 15.0. The number of carbonyl (C=O) groups excluding carboxylic acids is 3. The van der Waals surface area contributed by atoms with Gasteiger partial charge in [0.1, 0.15) is 5.60 Å². The maximum Gasteiger partial charge on any atom is 0.494 e. The molecule has 11 nitrogen and oxygen atoms in total. The second-order valence-corrected chi connectivity index (χ2v) is 16.2. The fourth-order valence-electron chi connectivity index (χ4n) is 7.03. The number of benzene rings is 2. The first-order chi connectivity index (χ1) is 24.3. The summed E-state index contributed by atoms with van der Waals surface area (Å²) >= 11 is 0. The van der Waals surface area contributed by atoms with Gasteiger partial charge in [-0.1, -0.05) is 24.3 Å². The fourth-order valence-corrected chi connectivity index (χ4v) is 7.03. The van der Waals surface area contributed by atoms with E-state index >= 15 is 4.79 Å². The summed E-state index contributed by atoms with van der Waals surface area (Å²) in [6.07, 6.45) is -2.21. The topological polar surface area (TPSA) is 107 Å². The SMILES string of the molecule is COCCCN1C(=O)C(F)(F)Oc2ccc(N(C(=O)[C@H]3CN(C(=O)OC(C)(C)C)CC[C@@H]3c3cccc(B4OC(C)(C)C(C)(C)O4)c3)C3CC3)cc21. The van der Waals surface area contributed by atoms with Crippen LogP contribution in [0.3, 0.4) is 0 Å². The molecule has 3 aliphatic heterocycles. The molecule has 1 aliphatic carbocycles. The average Bonchev–Trinajstić information content (AvgIpc) is 3.87. The Balaban J connectivity index is 1.35. The zero-order valence-corrected chi connectivity index (χ0v) is 31.4. The van der Waals surface area contributed by atoms with Gasteiger partial charge in [0.2, 0.25) is 5.91 Å². The van der Waals surface area contributed by atoms with Crippen LogP contribution in [-0.2, 0) is 28.4 Å². The van der Waals surface area contributed by atoms with Gasteiger partial charge in [0, 0.05) is 45.1 Å². The molecule has 2 aromatic rings. The molecule has 0 bridgehead atoms. The van der Waals surface area contributed by atoms with E-state index in [1.54, 1.807) is 42.7 Å². The molecule has 1 saturated carbocycles. The summed E-state index contributed by atoms with van der Waals surface area (Å²) in [4.78, 5) is 45.6. The van der Waals surface area contributed by atoms with Crippen molar-refractivity contribution in [1.82, 2.24) is 4.90 Å². The lowest BCUT2D eigenvalue weighted by atomic mass is 9.74. The van der Waals surface area contributed by atoms with Crippen LogP contribution in [0, 0.1) is 5.92 Å². The van der Waals surface area contributed by atoms with E-state index in [2.05, 4.69) is 0 Å². The third-order valence-corrected chi connectivity index (χ3v) is 10.6. The molecule has 0 radical (unpaired) electrons. The molecule has 0 unspecified atom stereocenters. The van der Waals surface area contributed by atoms with Gasteiger partial charge in [0.15, 0.2) is 5.75 Å². The summed E-state index contributed by atoms with van der Waals surface area (Å²) in [5.41, 5.74) is 0.587. The van der Waals surface area contributed by atoms with Crippen molar-refractivity contribution in [3.63, 3.8) is 0 Å². The van der Waals surface area contributed by atoms with Gasteiger partial charge in [0.25, 0.3) is 0 Å². The second-order valence-electron chi connectivity index (χ2n) is 16.2. The summed E-state index contributed by atoms with van der Waals surface area (Å²) < 4.78 is 57.7. The zero-order chi connectivity index (χ0) is 37.8. The Morgan fingerprint density at radius 1 is 1.02 bits per heavy atom. The molecular formula is C38H50BF2N3O8. The number of carbonyl (C=O) groups is 3. The van der Waals surface area contributed by atoms with E-state index in [0.29, 0.717) is 25.1 Å². The van der Waals surface area contributed by atoms with Gasteiger partial charge in [-0.2, -0.15) is 8.78 Å². The van der Waals surface area contributed by atoms with Crippen LogP contribution in [0.1, 0.15) is 85.6 Å². The van der Waals surface area contributed by atoms with Crippen LogP contribution in [0.15, 0.2) is 42.5 Å². The Hall–Kier alpha value is -3.75. The summed E-state index contributed by atoms with van der Waals surface area (Å²) in [6.45, 7) is 14.1. The van der Waals surface area contributed by atoms with Gasteiger partial charge >= 0.3 is 25.2 Å². The van der Waals surface area contributed by atoms with E-state index in [4.69, 9.17) is 23.5 Å². The minimum Gasteiger partial charge on any atom is -0.444 e. The Morgan fingerprint density at radius 3 is 2.35 bits per heavy atom. The molecule has 3 amide bonds. The van der Waals surface area contributed by atoms with Crippen LogP contribution >= 0.6 is 0 Å². The number of ether oxygens (including phenoxy) is 3. The van der Waals surface area contributed by atoms with E-state index in [0.717, 1.165) is 28.8 Å². The average molecular weight is 726 g/mol. The summed E-state index contributed by atoms with van der Waals surface area (Å²) in [5.74, 6) is -2.78. The Kier molecular flexibility index (Phi) is 10.2. The third kappa shape index (κ3) is 7.65. The Morgan fingerprint density at radius 2 is 1.71 bits per heavy atom. The molecule has 4 aliphatic rings. The molecule has 3 fully saturated rings. The van der Waals surface area contributed by atoms with E-state index in [1.807, 2.05) is 52.0 Å². The number of alkyl halides is 2. The van der Waals surface area contributed by atoms with Gasteiger partial charge in [0.05, 0.1) is 22.8 Å². The molecule has 282 valence electrons. The van der Waals surface area contributed by atoms with Crippen LogP contribution in [0.5, 0.6) is 5.75 Å². The molecule has 2 atom stereocenters. The highest BCUT2D eigenvalue weighted by atomic mass is 19.3. The van der Waals surface area contributed by atoms with Gasteiger partial charge in [-0.25, -0.2) is 4.79 Å². The highest BCUT2D eigenvalue weighted by Gasteiger charge is 2.53. The van der Waals surface area contributed by atoms with Crippen molar-refractivity contribution in [3.8, 4) is 5.75 Å². The van der Waals surface area contributed by atoms with Crippen molar-refractivity contribution in [1.29, 1.82) is 0 Å². The molecule has 2 aromatic carbocycles. The second kappa shape index (κ2) is 13.9. The van der Waals surface area contributed by atoms with E-state index in [1.165, 1.54) is 13.2 Å². The number of anilines is 2. The van der Waals surface area contributed by atoms with Crippen molar-refractivity contribution in [2.45, 2.75) is 109 Å². The van der Waals surface area contributed by atoms with Crippen molar-refractivity contribution in [2.24, 2.45) is 5.92 Å². The molecule has 3 heterocycles. The highest BCUT2D eigenvalue weighted by molar-refractivity contribution is 6.62. The summed E-state index contributed by atoms with van der Waals surface area (Å²) in [6, 6.07) is 12.3. The zero-order valence-electron chi connectivity index (χ0n) is 31.4. The first kappa shape index (κ1) is 38.0. The minimum absolute atomic E-state index is 0.0197. The molecule has 14 heteroatoms. The number of halogens is 2. The first-order valence-corrected chi connectivity index (χ1v) is 18.1. The summed E-state index contributed by atoms with van der Waals surface area (Å²) in [5, 5.41) is 0. The number of hydrogen-bond acceptors (Lipinski definition) is 8. The van der Waals surface area contributed by atoms with Crippen molar-refractivity contribution in [2.75, 3.05) is 43.2 Å². The molecule has 2 saturated heterocycles. The van der Waals surface area contributed by atoms with E-state index in [-0.39, 0.29) is 49.0 Å². The van der Waals surface area contributed by atoms with Crippen LogP contribution in [-0.4, -0.2) is 92.2 Å². The van der Waals surface area contributed by atoms with Crippen molar-refractivity contribution in [3.05, 3.63) is 48.0 Å². The number of likely N-dealkylation sites (tertiary alicyclic amines) is 1. The van der Waals surface area contributed by atoms with Crippen molar-refractivity contribution >= 4 is 41.9 Å². The lowest BCUT2D eigenvalue weighted by Gasteiger charge is -2.41. The number of fused-ring (bicyclic) bond motifs is 1. The van der Waals surface area contributed by atoms with Gasteiger partial charge in [-0.05, 0) is 109 Å². The fraction of sp³-hybridized carbons (Fsp3) is 0.605. The van der Waals surface area contributed by atoms with Crippen LogP contribution in [0.25, 0.3) is 0 Å². The smallest absolute Gasteiger partial charge is 0.444 e. The van der Waals surface area contributed by atoms with E-state index < -0.39 is 47.9 Å². The van der Waals surface area contributed by atoms with Crippen LogP contribution in [0.4, 0.5) is 25.0 Å². The Bertz CT molecular complexity index is 1680. The molecular weight excluding hydrogens is 675 g/mol. The Labute approximate surface area is 305 Å². The number of amides is 3. The lowest BCUT2D eigenvalue weighted by Crippen LogP contribution is -2.52. The first-order valence-electron chi connectivity index (χ1n) is 18.1. The number of piperidine rings is 1. The van der Waals surface area contributed by atoms with Gasteiger partial charge in [-0.3, -0.25) is 9.59 Å². The minimum atomic E-state index is -4.03. The maximum absolute atomic E-state index is 15.0. The largest absolute Gasteiger partial charge is 0.494 e. The van der Waals surface area contributed by atoms with Crippen LogP contribution < -0.4 is 20.0 Å². The van der Waals surface area contributed by atoms with Crippen molar-refractivity contribution < 1.29 is 46.7 Å².